The quantitative estimate of drug-likeness (QED) is 0.568. The molecule has 96 valence electrons. The number of rotatable bonds is 7. The number of para-hydroxylation sites is 1. The Hall–Kier alpha value is -0.890. The van der Waals surface area contributed by atoms with Crippen LogP contribution in [0.2, 0.25) is 5.02 Å². The predicted octanol–water partition coefficient (Wildman–Crippen LogP) is 4.66. The van der Waals surface area contributed by atoms with Crippen LogP contribution in [0, 0.1) is 0 Å². The van der Waals surface area contributed by atoms with Crippen molar-refractivity contribution >= 4 is 17.3 Å². The molecule has 0 aliphatic rings. The number of nitrogens with two attached hydrogens (primary N) is 1. The van der Waals surface area contributed by atoms with Crippen LogP contribution in [-0.4, -0.2) is 6.10 Å². The Morgan fingerprint density at radius 3 is 2.76 bits per heavy atom. The topological polar surface area (TPSA) is 35.2 Å². The van der Waals surface area contributed by atoms with Gasteiger partial charge in [-0.2, -0.15) is 0 Å². The number of hydrogen-bond acceptors (Lipinski definition) is 2. The number of benzene rings is 1. The molecule has 0 saturated heterocycles. The summed E-state index contributed by atoms with van der Waals surface area (Å²) in [6.45, 7) is 4.29. The van der Waals surface area contributed by atoms with E-state index in [1.54, 1.807) is 6.07 Å². The molecule has 0 amide bonds. The first-order valence-corrected chi connectivity index (χ1v) is 6.73. The monoisotopic (exact) mass is 255 g/mol. The fourth-order valence-electron chi connectivity index (χ4n) is 1.75. The van der Waals surface area contributed by atoms with E-state index in [1.165, 1.54) is 25.7 Å². The molecular weight excluding hydrogens is 234 g/mol. The van der Waals surface area contributed by atoms with Gasteiger partial charge in [0.2, 0.25) is 0 Å². The molecule has 3 heteroatoms. The molecule has 0 aliphatic carbocycles. The number of anilines is 1. The summed E-state index contributed by atoms with van der Waals surface area (Å²) in [5, 5.41) is 0.556. The van der Waals surface area contributed by atoms with Gasteiger partial charge in [-0.1, -0.05) is 43.9 Å². The van der Waals surface area contributed by atoms with Crippen LogP contribution in [0.25, 0.3) is 0 Å². The molecule has 0 aliphatic heterocycles. The summed E-state index contributed by atoms with van der Waals surface area (Å²) in [5.74, 6) is 0.695. The van der Waals surface area contributed by atoms with Gasteiger partial charge in [-0.15, -0.1) is 0 Å². The Morgan fingerprint density at radius 1 is 1.29 bits per heavy atom. The van der Waals surface area contributed by atoms with E-state index >= 15 is 0 Å². The maximum atomic E-state index is 5.94. The Balaban J connectivity index is 2.39. The minimum Gasteiger partial charge on any atom is -0.489 e. The van der Waals surface area contributed by atoms with Crippen molar-refractivity contribution in [3.05, 3.63) is 23.2 Å². The maximum Gasteiger partial charge on any atom is 0.144 e. The summed E-state index contributed by atoms with van der Waals surface area (Å²) >= 11 is 5.94. The highest BCUT2D eigenvalue weighted by atomic mass is 35.5. The van der Waals surface area contributed by atoms with Crippen LogP contribution in [-0.2, 0) is 0 Å². The molecule has 0 saturated carbocycles. The van der Waals surface area contributed by atoms with E-state index in [9.17, 15) is 0 Å². The van der Waals surface area contributed by atoms with Crippen molar-refractivity contribution in [2.24, 2.45) is 0 Å². The zero-order valence-electron chi connectivity index (χ0n) is 10.7. The lowest BCUT2D eigenvalue weighted by Gasteiger charge is -2.16. The second-order valence-electron chi connectivity index (χ2n) is 4.43. The third-order valence-electron chi connectivity index (χ3n) is 2.81. The summed E-state index contributed by atoms with van der Waals surface area (Å²) in [6, 6.07) is 5.50. The first kappa shape index (κ1) is 14.2. The summed E-state index contributed by atoms with van der Waals surface area (Å²) in [4.78, 5) is 0. The van der Waals surface area contributed by atoms with Gasteiger partial charge in [-0.3, -0.25) is 0 Å². The largest absolute Gasteiger partial charge is 0.489 e. The van der Waals surface area contributed by atoms with E-state index in [-0.39, 0.29) is 6.10 Å². The zero-order chi connectivity index (χ0) is 12.7. The Kier molecular flexibility index (Phi) is 6.20. The molecule has 0 aromatic heterocycles. The summed E-state index contributed by atoms with van der Waals surface area (Å²) < 4.78 is 5.80. The van der Waals surface area contributed by atoms with Crippen LogP contribution in [0.4, 0.5) is 5.69 Å². The fraction of sp³-hybridized carbons (Fsp3) is 0.571. The van der Waals surface area contributed by atoms with Gasteiger partial charge in [0.1, 0.15) is 5.75 Å². The molecule has 1 atom stereocenters. The molecule has 1 rings (SSSR count). The van der Waals surface area contributed by atoms with Crippen molar-refractivity contribution in [2.75, 3.05) is 5.73 Å². The zero-order valence-corrected chi connectivity index (χ0v) is 11.5. The van der Waals surface area contributed by atoms with Crippen LogP contribution < -0.4 is 10.5 Å². The van der Waals surface area contributed by atoms with Crippen LogP contribution >= 0.6 is 11.6 Å². The number of halogens is 1. The lowest BCUT2D eigenvalue weighted by Crippen LogP contribution is -2.12. The van der Waals surface area contributed by atoms with Crippen LogP contribution in [0.15, 0.2) is 18.2 Å². The lowest BCUT2D eigenvalue weighted by atomic mass is 10.1. The molecular formula is C14H22ClNO. The summed E-state index contributed by atoms with van der Waals surface area (Å²) in [5.41, 5.74) is 6.39. The van der Waals surface area contributed by atoms with E-state index in [0.29, 0.717) is 16.5 Å². The Labute approximate surface area is 109 Å². The van der Waals surface area contributed by atoms with Gasteiger partial charge < -0.3 is 10.5 Å². The van der Waals surface area contributed by atoms with Gasteiger partial charge in [-0.05, 0) is 31.9 Å². The first-order chi connectivity index (χ1) is 8.15. The molecule has 1 aromatic rings. The highest BCUT2D eigenvalue weighted by molar-refractivity contribution is 6.33. The number of unbranched alkanes of at least 4 members (excludes halogenated alkanes) is 3. The molecule has 0 heterocycles. The number of nitrogen functional groups attached to an aromatic ring is 1. The minimum atomic E-state index is 0.188. The standard InChI is InChI=1S/C14H22ClNO/c1-3-4-5-6-8-11(2)17-13-10-7-9-12(15)14(13)16/h7,9-11H,3-6,8,16H2,1-2H3. The van der Waals surface area contributed by atoms with Crippen molar-refractivity contribution in [1.29, 1.82) is 0 Å². The van der Waals surface area contributed by atoms with E-state index in [0.717, 1.165) is 6.42 Å². The predicted molar refractivity (Wildman–Crippen MR) is 74.7 cm³/mol. The molecule has 0 radical (unpaired) electrons. The fourth-order valence-corrected chi connectivity index (χ4v) is 1.92. The van der Waals surface area contributed by atoms with Crippen LogP contribution in [0.3, 0.4) is 0 Å². The average molecular weight is 256 g/mol. The Bertz CT molecular complexity index is 341. The lowest BCUT2D eigenvalue weighted by molar-refractivity contribution is 0.207. The first-order valence-electron chi connectivity index (χ1n) is 6.35. The SMILES string of the molecule is CCCCCCC(C)Oc1cccc(Cl)c1N. The molecule has 1 aromatic carbocycles. The maximum absolute atomic E-state index is 5.94. The highest BCUT2D eigenvalue weighted by Gasteiger charge is 2.08. The molecule has 2 N–H and O–H groups in total. The van der Waals surface area contributed by atoms with Crippen LogP contribution in [0.5, 0.6) is 5.75 Å². The average Bonchev–Trinajstić information content (AvgIpc) is 2.31. The Morgan fingerprint density at radius 2 is 2.06 bits per heavy atom. The number of ether oxygens (including phenoxy) is 1. The van der Waals surface area contributed by atoms with E-state index < -0.39 is 0 Å². The minimum absolute atomic E-state index is 0.188. The van der Waals surface area contributed by atoms with Gasteiger partial charge in [0, 0.05) is 0 Å². The third-order valence-corrected chi connectivity index (χ3v) is 3.13. The molecule has 1 unspecified atom stereocenters. The van der Waals surface area contributed by atoms with Gasteiger partial charge in [0.25, 0.3) is 0 Å². The van der Waals surface area contributed by atoms with E-state index in [1.807, 2.05) is 12.1 Å². The van der Waals surface area contributed by atoms with Gasteiger partial charge >= 0.3 is 0 Å². The molecule has 0 fully saturated rings. The highest BCUT2D eigenvalue weighted by Crippen LogP contribution is 2.30. The van der Waals surface area contributed by atoms with Crippen molar-refractivity contribution < 1.29 is 4.74 Å². The second-order valence-corrected chi connectivity index (χ2v) is 4.84. The molecule has 0 spiro atoms. The summed E-state index contributed by atoms with van der Waals surface area (Å²) in [7, 11) is 0. The van der Waals surface area contributed by atoms with Crippen molar-refractivity contribution in [3.63, 3.8) is 0 Å². The second kappa shape index (κ2) is 7.44. The van der Waals surface area contributed by atoms with Crippen molar-refractivity contribution in [1.82, 2.24) is 0 Å². The summed E-state index contributed by atoms with van der Waals surface area (Å²) in [6.07, 6.45) is 6.28. The van der Waals surface area contributed by atoms with Gasteiger partial charge in [0.15, 0.2) is 0 Å². The smallest absolute Gasteiger partial charge is 0.144 e. The van der Waals surface area contributed by atoms with E-state index in [4.69, 9.17) is 22.1 Å². The van der Waals surface area contributed by atoms with Gasteiger partial charge in [-0.25, -0.2) is 0 Å². The molecule has 2 nitrogen and oxygen atoms in total. The molecule has 17 heavy (non-hydrogen) atoms. The molecule has 0 bridgehead atoms. The van der Waals surface area contributed by atoms with Crippen molar-refractivity contribution in [2.45, 2.75) is 52.1 Å². The number of hydrogen-bond donors (Lipinski definition) is 1. The normalized spacial score (nSPS) is 12.4. The van der Waals surface area contributed by atoms with Gasteiger partial charge in [0.05, 0.1) is 16.8 Å². The van der Waals surface area contributed by atoms with Crippen LogP contribution in [0.1, 0.15) is 46.0 Å². The van der Waals surface area contributed by atoms with Crippen molar-refractivity contribution in [3.8, 4) is 5.75 Å². The van der Waals surface area contributed by atoms with E-state index in [2.05, 4.69) is 13.8 Å². The third kappa shape index (κ3) is 4.86.